The highest BCUT2D eigenvalue weighted by molar-refractivity contribution is 6.00. The lowest BCUT2D eigenvalue weighted by Gasteiger charge is -2.27. The van der Waals surface area contributed by atoms with Crippen molar-refractivity contribution in [3.8, 4) is 0 Å². The summed E-state index contributed by atoms with van der Waals surface area (Å²) in [5.41, 5.74) is 3.71. The number of fused-ring (bicyclic) bond motifs is 2. The monoisotopic (exact) mass is 368 g/mol. The molecule has 2 aliphatic carbocycles. The highest BCUT2D eigenvalue weighted by atomic mass is 16.3. The van der Waals surface area contributed by atoms with Crippen molar-refractivity contribution in [3.63, 3.8) is 0 Å². The summed E-state index contributed by atoms with van der Waals surface area (Å²) in [4.78, 5) is 29.5. The summed E-state index contributed by atoms with van der Waals surface area (Å²) in [6.45, 7) is 2.06. The normalized spacial score (nSPS) is 32.7. The van der Waals surface area contributed by atoms with Crippen LogP contribution in [-0.2, 0) is 22.4 Å². The fourth-order valence-corrected chi connectivity index (χ4v) is 5.69. The van der Waals surface area contributed by atoms with Gasteiger partial charge in [-0.05, 0) is 73.6 Å². The van der Waals surface area contributed by atoms with E-state index in [1.54, 1.807) is 0 Å². The first kappa shape index (κ1) is 17.2. The van der Waals surface area contributed by atoms with Crippen molar-refractivity contribution in [3.05, 3.63) is 29.3 Å². The lowest BCUT2D eigenvalue weighted by Crippen LogP contribution is -2.36. The van der Waals surface area contributed by atoms with E-state index in [1.807, 2.05) is 15.9 Å². The van der Waals surface area contributed by atoms with Crippen LogP contribution >= 0.6 is 0 Å². The van der Waals surface area contributed by atoms with E-state index < -0.39 is 0 Å². The molecular formula is C22H28N2O3. The number of aliphatic hydroxyl groups is 1. The number of rotatable bonds is 2. The van der Waals surface area contributed by atoms with E-state index >= 15 is 0 Å². The third kappa shape index (κ3) is 3.06. The van der Waals surface area contributed by atoms with Gasteiger partial charge in [-0.25, -0.2) is 0 Å². The van der Waals surface area contributed by atoms with Crippen LogP contribution in [0.2, 0.25) is 0 Å². The van der Waals surface area contributed by atoms with E-state index in [0.717, 1.165) is 50.9 Å². The van der Waals surface area contributed by atoms with Gasteiger partial charge in [0.1, 0.15) is 0 Å². The van der Waals surface area contributed by atoms with Gasteiger partial charge in [0.2, 0.25) is 11.8 Å². The minimum absolute atomic E-state index is 0.0679. The van der Waals surface area contributed by atoms with Crippen LogP contribution in [0.25, 0.3) is 0 Å². The zero-order chi connectivity index (χ0) is 18.5. The molecular weight excluding hydrogens is 340 g/mol. The third-order valence-corrected chi connectivity index (χ3v) is 7.20. The molecule has 0 radical (unpaired) electrons. The van der Waals surface area contributed by atoms with Crippen molar-refractivity contribution in [1.29, 1.82) is 0 Å². The average molecular weight is 368 g/mol. The van der Waals surface area contributed by atoms with Crippen molar-refractivity contribution in [2.24, 2.45) is 17.8 Å². The van der Waals surface area contributed by atoms with Crippen molar-refractivity contribution < 1.29 is 14.7 Å². The van der Waals surface area contributed by atoms with E-state index in [1.165, 1.54) is 17.5 Å². The largest absolute Gasteiger partial charge is 0.393 e. The first-order chi connectivity index (χ1) is 13.1. The van der Waals surface area contributed by atoms with Crippen LogP contribution in [0.15, 0.2) is 18.2 Å². The summed E-state index contributed by atoms with van der Waals surface area (Å²) in [7, 11) is 0. The Morgan fingerprint density at radius 1 is 1.04 bits per heavy atom. The molecule has 4 atom stereocenters. The Kier molecular flexibility index (Phi) is 4.23. The predicted octanol–water partition coefficient (Wildman–Crippen LogP) is 2.15. The highest BCUT2D eigenvalue weighted by Crippen LogP contribution is 2.38. The van der Waals surface area contributed by atoms with E-state index in [-0.39, 0.29) is 23.8 Å². The second kappa shape index (κ2) is 6.62. The van der Waals surface area contributed by atoms with Gasteiger partial charge in [-0.3, -0.25) is 9.59 Å². The van der Waals surface area contributed by atoms with Crippen molar-refractivity contribution in [2.45, 2.75) is 51.0 Å². The Labute approximate surface area is 160 Å². The molecule has 0 spiro atoms. The van der Waals surface area contributed by atoms with Gasteiger partial charge in [0.15, 0.2) is 0 Å². The van der Waals surface area contributed by atoms with E-state index in [2.05, 4.69) is 12.1 Å². The van der Waals surface area contributed by atoms with Crippen LogP contribution < -0.4 is 4.90 Å². The number of nitrogens with zero attached hydrogens (tertiary/aromatic N) is 2. The minimum Gasteiger partial charge on any atom is -0.393 e. The lowest BCUT2D eigenvalue weighted by molar-refractivity contribution is -0.135. The molecule has 1 saturated carbocycles. The van der Waals surface area contributed by atoms with Crippen LogP contribution in [0, 0.1) is 17.8 Å². The Bertz CT molecular complexity index is 777. The molecule has 2 saturated heterocycles. The third-order valence-electron chi connectivity index (χ3n) is 7.20. The number of carbonyl (C=O) groups excluding carboxylic acids is 2. The van der Waals surface area contributed by atoms with Gasteiger partial charge in [-0.2, -0.15) is 0 Å². The molecule has 1 N–H and O–H groups in total. The van der Waals surface area contributed by atoms with Crippen molar-refractivity contribution in [1.82, 2.24) is 4.90 Å². The molecule has 2 heterocycles. The molecule has 2 amide bonds. The van der Waals surface area contributed by atoms with E-state index in [4.69, 9.17) is 0 Å². The summed E-state index contributed by atoms with van der Waals surface area (Å²) in [6, 6.07) is 6.34. The number of hydrogen-bond donors (Lipinski definition) is 1. The number of benzene rings is 1. The van der Waals surface area contributed by atoms with Crippen LogP contribution in [0.3, 0.4) is 0 Å². The number of anilines is 1. The van der Waals surface area contributed by atoms with Gasteiger partial charge in [0.05, 0.1) is 12.0 Å². The van der Waals surface area contributed by atoms with Gasteiger partial charge < -0.3 is 14.9 Å². The second-order valence-corrected chi connectivity index (χ2v) is 8.94. The lowest BCUT2D eigenvalue weighted by atomic mass is 9.80. The molecule has 1 aromatic carbocycles. The second-order valence-electron chi connectivity index (χ2n) is 8.94. The van der Waals surface area contributed by atoms with E-state index in [9.17, 15) is 14.7 Å². The van der Waals surface area contributed by atoms with Gasteiger partial charge in [-0.15, -0.1) is 0 Å². The Morgan fingerprint density at radius 3 is 2.74 bits per heavy atom. The number of carbonyl (C=O) groups is 2. The van der Waals surface area contributed by atoms with Gasteiger partial charge in [0, 0.05) is 31.7 Å². The fraction of sp³-hybridized carbons (Fsp3) is 0.636. The number of hydrogen-bond acceptors (Lipinski definition) is 3. The fourth-order valence-electron chi connectivity index (χ4n) is 5.69. The quantitative estimate of drug-likeness (QED) is 0.870. The number of aryl methyl sites for hydroxylation is 2. The first-order valence-electron chi connectivity index (χ1n) is 10.5. The van der Waals surface area contributed by atoms with Gasteiger partial charge in [-0.1, -0.05) is 6.07 Å². The zero-order valence-corrected chi connectivity index (χ0v) is 15.8. The summed E-state index contributed by atoms with van der Waals surface area (Å²) < 4.78 is 0. The Hall–Kier alpha value is -1.88. The van der Waals surface area contributed by atoms with Gasteiger partial charge >= 0.3 is 0 Å². The molecule has 5 rings (SSSR count). The Morgan fingerprint density at radius 2 is 1.85 bits per heavy atom. The molecule has 27 heavy (non-hydrogen) atoms. The maximum atomic E-state index is 13.1. The number of likely N-dealkylation sites (tertiary alicyclic amines) is 1. The topological polar surface area (TPSA) is 60.9 Å². The summed E-state index contributed by atoms with van der Waals surface area (Å²) in [6.07, 6.45) is 6.23. The van der Waals surface area contributed by atoms with Crippen LogP contribution in [0.5, 0.6) is 0 Å². The number of aliphatic hydroxyl groups excluding tert-OH is 1. The molecule has 4 aliphatic rings. The molecule has 5 heteroatoms. The summed E-state index contributed by atoms with van der Waals surface area (Å²) in [5, 5.41) is 9.90. The molecule has 0 bridgehead atoms. The molecule has 5 nitrogen and oxygen atoms in total. The average Bonchev–Trinajstić information content (AvgIpc) is 3.37. The van der Waals surface area contributed by atoms with Crippen LogP contribution in [-0.4, -0.2) is 47.6 Å². The minimum atomic E-state index is -0.226. The standard InChI is InChI=1S/C22H28N2O3/c25-20-7-5-16-11-23(12-17(16)9-20)22(27)18-10-21(26)24(13-18)19-6-4-14-2-1-3-15(14)8-19/h4,6,8,16-18,20,25H,1-3,5,7,9-13H2/t16-,17+,18?,20-/m1/s1. The molecule has 1 aromatic rings. The SMILES string of the molecule is O=C(C1CC(=O)N(c2ccc3c(c2)CCC3)C1)N1C[C@H]2CC[C@@H](O)C[C@H]2C1. The molecule has 144 valence electrons. The Balaban J connectivity index is 1.27. The first-order valence-corrected chi connectivity index (χ1v) is 10.5. The number of amides is 2. The molecule has 1 unspecified atom stereocenters. The van der Waals surface area contributed by atoms with Gasteiger partial charge in [0.25, 0.3) is 0 Å². The molecule has 3 fully saturated rings. The maximum absolute atomic E-state index is 13.1. The maximum Gasteiger partial charge on any atom is 0.228 e. The van der Waals surface area contributed by atoms with Crippen LogP contribution in [0.4, 0.5) is 5.69 Å². The molecule has 2 aliphatic heterocycles. The molecule has 0 aromatic heterocycles. The zero-order valence-electron chi connectivity index (χ0n) is 15.8. The summed E-state index contributed by atoms with van der Waals surface area (Å²) >= 11 is 0. The van der Waals surface area contributed by atoms with Crippen LogP contribution in [0.1, 0.15) is 43.2 Å². The predicted molar refractivity (Wildman–Crippen MR) is 102 cm³/mol. The van der Waals surface area contributed by atoms with Crippen molar-refractivity contribution in [2.75, 3.05) is 24.5 Å². The van der Waals surface area contributed by atoms with Crippen molar-refractivity contribution >= 4 is 17.5 Å². The highest BCUT2D eigenvalue weighted by Gasteiger charge is 2.43. The summed E-state index contributed by atoms with van der Waals surface area (Å²) in [5.74, 6) is 0.940. The smallest absolute Gasteiger partial charge is 0.228 e. The van der Waals surface area contributed by atoms with E-state index in [0.29, 0.717) is 24.8 Å².